The van der Waals surface area contributed by atoms with Crippen molar-refractivity contribution in [1.29, 1.82) is 0 Å². The van der Waals surface area contributed by atoms with Crippen molar-refractivity contribution < 1.29 is 4.79 Å². The van der Waals surface area contributed by atoms with Crippen molar-refractivity contribution in [2.24, 2.45) is 0 Å². The van der Waals surface area contributed by atoms with Crippen molar-refractivity contribution in [3.05, 3.63) is 29.8 Å². The van der Waals surface area contributed by atoms with Crippen LogP contribution in [0, 0.1) is 0 Å². The second kappa shape index (κ2) is 5.91. The first-order chi connectivity index (χ1) is 8.22. The van der Waals surface area contributed by atoms with Crippen molar-refractivity contribution >= 4 is 33.6 Å². The number of carbonyl (C=O) groups excluding carboxylic acids is 1. The van der Waals surface area contributed by atoms with Gasteiger partial charge in [0.15, 0.2) is 0 Å². The number of rotatable bonds is 4. The number of alkyl halides is 1. The summed E-state index contributed by atoms with van der Waals surface area (Å²) < 4.78 is 0. The highest BCUT2D eigenvalue weighted by atomic mass is 79.9. The molecule has 4 heteroatoms. The van der Waals surface area contributed by atoms with E-state index in [4.69, 9.17) is 0 Å². The van der Waals surface area contributed by atoms with Gasteiger partial charge in [-0.2, -0.15) is 0 Å². The molecule has 0 saturated heterocycles. The maximum atomic E-state index is 12.1. The molecule has 2 rings (SSSR count). The number of hydrogen-bond donors (Lipinski definition) is 1. The van der Waals surface area contributed by atoms with Gasteiger partial charge < -0.3 is 5.32 Å². The lowest BCUT2D eigenvalue weighted by molar-refractivity contribution is -0.122. The molecule has 1 aliphatic heterocycles. The molecule has 17 heavy (non-hydrogen) atoms. The molecule has 92 valence electrons. The van der Waals surface area contributed by atoms with E-state index >= 15 is 0 Å². The maximum absolute atomic E-state index is 12.1. The molecule has 1 heterocycles. The van der Waals surface area contributed by atoms with Gasteiger partial charge in [0.25, 0.3) is 0 Å². The number of carbonyl (C=O) groups is 1. The zero-order valence-electron chi connectivity index (χ0n) is 9.78. The highest BCUT2D eigenvalue weighted by Crippen LogP contribution is 2.39. The minimum absolute atomic E-state index is 0.0211. The Morgan fingerprint density at radius 2 is 2.35 bits per heavy atom. The molecule has 1 aliphatic rings. The number of halogens is 1. The summed E-state index contributed by atoms with van der Waals surface area (Å²) in [6, 6.07) is 8.18. The van der Waals surface area contributed by atoms with Gasteiger partial charge in [0.2, 0.25) is 5.91 Å². The second-order valence-electron chi connectivity index (χ2n) is 4.15. The number of hydrogen-bond acceptors (Lipinski definition) is 2. The zero-order valence-corrected chi connectivity index (χ0v) is 12.2. The summed E-state index contributed by atoms with van der Waals surface area (Å²) in [5.41, 5.74) is 1.18. The van der Waals surface area contributed by atoms with E-state index in [-0.39, 0.29) is 11.8 Å². The molecule has 2 atom stereocenters. The fourth-order valence-corrected chi connectivity index (χ4v) is 3.25. The third-order valence-corrected chi connectivity index (χ3v) is 5.11. The van der Waals surface area contributed by atoms with E-state index in [1.165, 1.54) is 10.5 Å². The Labute approximate surface area is 115 Å². The van der Waals surface area contributed by atoms with E-state index in [1.807, 2.05) is 12.1 Å². The van der Waals surface area contributed by atoms with E-state index in [2.05, 4.69) is 40.3 Å². The average molecular weight is 314 g/mol. The molecule has 1 N–H and O–H groups in total. The lowest BCUT2D eigenvalue weighted by atomic mass is 10.0. The molecule has 0 fully saturated rings. The summed E-state index contributed by atoms with van der Waals surface area (Å²) in [6.07, 6.45) is 1.02. The van der Waals surface area contributed by atoms with Crippen LogP contribution in [0.3, 0.4) is 0 Å². The van der Waals surface area contributed by atoms with Gasteiger partial charge in [-0.3, -0.25) is 4.79 Å². The first-order valence-electron chi connectivity index (χ1n) is 5.86. The molecule has 1 aromatic carbocycles. The third kappa shape index (κ3) is 3.05. The van der Waals surface area contributed by atoms with Crippen LogP contribution in [0.4, 0.5) is 0 Å². The van der Waals surface area contributed by atoms with Gasteiger partial charge in [-0.1, -0.05) is 41.1 Å². The number of benzene rings is 1. The molecule has 0 aliphatic carbocycles. The Balaban J connectivity index is 1.98. The minimum atomic E-state index is 0.0211. The van der Waals surface area contributed by atoms with E-state index in [1.54, 1.807) is 11.8 Å². The fraction of sp³-hybridized carbons (Fsp3) is 0.462. The van der Waals surface area contributed by atoms with Gasteiger partial charge in [0, 0.05) is 22.0 Å². The summed E-state index contributed by atoms with van der Waals surface area (Å²) in [7, 11) is 0. The van der Waals surface area contributed by atoms with Crippen LogP contribution in [-0.2, 0) is 4.79 Å². The summed E-state index contributed by atoms with van der Waals surface area (Å²) in [4.78, 5) is 13.7. The molecular formula is C13H16BrNOS. The Hall–Kier alpha value is -0.480. The monoisotopic (exact) mass is 313 g/mol. The molecule has 0 aromatic heterocycles. The number of amides is 1. The van der Waals surface area contributed by atoms with Crippen molar-refractivity contribution in [3.63, 3.8) is 0 Å². The van der Waals surface area contributed by atoms with Crippen LogP contribution in [0.15, 0.2) is 29.2 Å². The molecule has 0 saturated carbocycles. The largest absolute Gasteiger partial charge is 0.354 e. The summed E-state index contributed by atoms with van der Waals surface area (Å²) in [6.45, 7) is 2.81. The number of nitrogens with one attached hydrogen (secondary N) is 1. The van der Waals surface area contributed by atoms with Crippen LogP contribution in [0.1, 0.15) is 24.8 Å². The summed E-state index contributed by atoms with van der Waals surface area (Å²) in [5.74, 6) is 1.04. The van der Waals surface area contributed by atoms with Crippen LogP contribution in [0.25, 0.3) is 0 Å². The van der Waals surface area contributed by atoms with E-state index < -0.39 is 0 Å². The van der Waals surface area contributed by atoms with Gasteiger partial charge in [0.05, 0.1) is 5.92 Å². The average Bonchev–Trinajstić information content (AvgIpc) is 2.79. The lowest BCUT2D eigenvalue weighted by Gasteiger charge is -2.13. The molecule has 0 bridgehead atoms. The van der Waals surface area contributed by atoms with Gasteiger partial charge in [-0.05, 0) is 18.1 Å². The predicted octanol–water partition coefficient (Wildman–Crippen LogP) is 3.17. The molecule has 1 amide bonds. The molecule has 1 aromatic rings. The molecule has 0 spiro atoms. The standard InChI is InChI=1S/C13H16BrNOS/c1-2-9(14)7-15-13(16)11-8-17-12-6-4-3-5-10(11)12/h3-6,9,11H,2,7-8H2,1H3,(H,15,16). The van der Waals surface area contributed by atoms with Gasteiger partial charge in [-0.25, -0.2) is 0 Å². The molecule has 2 unspecified atom stereocenters. The van der Waals surface area contributed by atoms with E-state index in [0.717, 1.165) is 12.2 Å². The predicted molar refractivity (Wildman–Crippen MR) is 75.9 cm³/mol. The van der Waals surface area contributed by atoms with Crippen LogP contribution >= 0.6 is 27.7 Å². The Morgan fingerprint density at radius 3 is 3.12 bits per heavy atom. The van der Waals surface area contributed by atoms with Crippen LogP contribution in [0.5, 0.6) is 0 Å². The van der Waals surface area contributed by atoms with Gasteiger partial charge in [0.1, 0.15) is 0 Å². The van der Waals surface area contributed by atoms with E-state index in [9.17, 15) is 4.79 Å². The first kappa shape index (κ1) is 13.0. The lowest BCUT2D eigenvalue weighted by Crippen LogP contribution is -2.33. The van der Waals surface area contributed by atoms with Crippen molar-refractivity contribution in [1.82, 2.24) is 5.32 Å². The van der Waals surface area contributed by atoms with Crippen molar-refractivity contribution in [2.45, 2.75) is 29.0 Å². The van der Waals surface area contributed by atoms with Crippen LogP contribution in [0.2, 0.25) is 0 Å². The summed E-state index contributed by atoms with van der Waals surface area (Å²) >= 11 is 5.30. The Morgan fingerprint density at radius 1 is 1.59 bits per heavy atom. The molecule has 2 nitrogen and oxygen atoms in total. The van der Waals surface area contributed by atoms with Crippen LogP contribution in [-0.4, -0.2) is 23.0 Å². The second-order valence-corrected chi connectivity index (χ2v) is 6.51. The van der Waals surface area contributed by atoms with Crippen molar-refractivity contribution in [3.8, 4) is 0 Å². The number of thioether (sulfide) groups is 1. The molecular weight excluding hydrogens is 298 g/mol. The Kier molecular flexibility index (Phi) is 4.51. The fourth-order valence-electron chi connectivity index (χ4n) is 1.86. The maximum Gasteiger partial charge on any atom is 0.228 e. The smallest absolute Gasteiger partial charge is 0.228 e. The molecule has 0 radical (unpaired) electrons. The van der Waals surface area contributed by atoms with Crippen molar-refractivity contribution in [2.75, 3.05) is 12.3 Å². The zero-order chi connectivity index (χ0) is 12.3. The topological polar surface area (TPSA) is 29.1 Å². The minimum Gasteiger partial charge on any atom is -0.354 e. The number of fused-ring (bicyclic) bond motifs is 1. The first-order valence-corrected chi connectivity index (χ1v) is 7.76. The van der Waals surface area contributed by atoms with Gasteiger partial charge in [-0.15, -0.1) is 11.8 Å². The van der Waals surface area contributed by atoms with Gasteiger partial charge >= 0.3 is 0 Å². The quantitative estimate of drug-likeness (QED) is 0.865. The van der Waals surface area contributed by atoms with E-state index in [0.29, 0.717) is 11.4 Å². The third-order valence-electron chi connectivity index (χ3n) is 2.96. The highest BCUT2D eigenvalue weighted by Gasteiger charge is 2.28. The highest BCUT2D eigenvalue weighted by molar-refractivity contribution is 9.09. The Bertz CT molecular complexity index is 410. The summed E-state index contributed by atoms with van der Waals surface area (Å²) in [5, 5.41) is 3.02. The normalized spacial score (nSPS) is 19.8. The SMILES string of the molecule is CCC(Br)CNC(=O)C1CSc2ccccc21. The van der Waals surface area contributed by atoms with Crippen LogP contribution < -0.4 is 5.32 Å².